The normalized spacial score (nSPS) is 23.5. The molecule has 2 aromatic rings. The molecule has 0 amide bonds. The Labute approximate surface area is 128 Å². The molecule has 1 aliphatic heterocycles. The van der Waals surface area contributed by atoms with Gasteiger partial charge in [-0.2, -0.15) is 4.98 Å². The van der Waals surface area contributed by atoms with Crippen LogP contribution in [0.5, 0.6) is 0 Å². The molecule has 3 rings (SSSR count). The average Bonchev–Trinajstić information content (AvgIpc) is 2.75. The Morgan fingerprint density at radius 3 is 2.95 bits per heavy atom. The fourth-order valence-electron chi connectivity index (χ4n) is 2.86. The van der Waals surface area contributed by atoms with Crippen molar-refractivity contribution in [3.63, 3.8) is 0 Å². The number of hydrogen-bond donors (Lipinski definition) is 2. The first kappa shape index (κ1) is 14.5. The molecule has 5 nitrogen and oxygen atoms in total. The van der Waals surface area contributed by atoms with Gasteiger partial charge in [0.15, 0.2) is 0 Å². The molecule has 1 fully saturated rings. The van der Waals surface area contributed by atoms with Crippen molar-refractivity contribution in [2.75, 3.05) is 23.7 Å². The number of hydrogen-bond acceptors (Lipinski definition) is 6. The summed E-state index contributed by atoms with van der Waals surface area (Å²) in [7, 11) is 0. The number of thiophene rings is 1. The standard InChI is InChI=1S/C15H22N4OS/c1-3-10-9-11-12(17-14(16)18-13(11)21-10)19-7-4-5-15(2,20)6-8-19/h9,20H,3-8H2,1-2H3,(H2,16,17,18). The number of anilines is 2. The second kappa shape index (κ2) is 5.42. The van der Waals surface area contributed by atoms with E-state index in [9.17, 15) is 5.11 Å². The predicted molar refractivity (Wildman–Crippen MR) is 87.9 cm³/mol. The van der Waals surface area contributed by atoms with E-state index in [1.807, 2.05) is 6.92 Å². The van der Waals surface area contributed by atoms with Crippen molar-refractivity contribution in [3.05, 3.63) is 10.9 Å². The van der Waals surface area contributed by atoms with Gasteiger partial charge in [0.2, 0.25) is 5.95 Å². The van der Waals surface area contributed by atoms with Crippen molar-refractivity contribution in [1.82, 2.24) is 9.97 Å². The van der Waals surface area contributed by atoms with Crippen LogP contribution in [0.15, 0.2) is 6.07 Å². The lowest BCUT2D eigenvalue weighted by molar-refractivity contribution is 0.0481. The van der Waals surface area contributed by atoms with Crippen LogP contribution in [0.2, 0.25) is 0 Å². The van der Waals surface area contributed by atoms with E-state index in [1.165, 1.54) is 4.88 Å². The Bertz CT molecular complexity index is 652. The second-order valence-electron chi connectivity index (χ2n) is 6.03. The largest absolute Gasteiger partial charge is 0.390 e. The highest BCUT2D eigenvalue weighted by atomic mass is 32.1. The van der Waals surface area contributed by atoms with E-state index >= 15 is 0 Å². The quantitative estimate of drug-likeness (QED) is 0.892. The molecule has 0 radical (unpaired) electrons. The first-order valence-corrected chi connectivity index (χ1v) is 8.33. The summed E-state index contributed by atoms with van der Waals surface area (Å²) in [4.78, 5) is 13.3. The van der Waals surface area contributed by atoms with E-state index in [2.05, 4.69) is 27.9 Å². The van der Waals surface area contributed by atoms with Crippen LogP contribution in [-0.4, -0.2) is 33.8 Å². The van der Waals surface area contributed by atoms with Crippen LogP contribution in [-0.2, 0) is 6.42 Å². The lowest BCUT2D eigenvalue weighted by Crippen LogP contribution is -2.29. The van der Waals surface area contributed by atoms with Crippen LogP contribution in [0.3, 0.4) is 0 Å². The molecule has 6 heteroatoms. The van der Waals surface area contributed by atoms with Gasteiger partial charge in [-0.05, 0) is 38.7 Å². The smallest absolute Gasteiger partial charge is 0.223 e. The number of nitrogens with two attached hydrogens (primary N) is 1. The van der Waals surface area contributed by atoms with Crippen LogP contribution in [0.1, 0.15) is 38.0 Å². The van der Waals surface area contributed by atoms with Crippen molar-refractivity contribution in [2.45, 2.75) is 45.1 Å². The maximum atomic E-state index is 10.2. The number of aliphatic hydroxyl groups is 1. The highest BCUT2D eigenvalue weighted by molar-refractivity contribution is 7.18. The molecule has 2 aromatic heterocycles. The third kappa shape index (κ3) is 2.96. The van der Waals surface area contributed by atoms with Gasteiger partial charge in [-0.25, -0.2) is 4.98 Å². The summed E-state index contributed by atoms with van der Waals surface area (Å²) >= 11 is 1.69. The van der Waals surface area contributed by atoms with E-state index in [1.54, 1.807) is 11.3 Å². The summed E-state index contributed by atoms with van der Waals surface area (Å²) in [6, 6.07) is 2.18. The Morgan fingerprint density at radius 2 is 2.19 bits per heavy atom. The summed E-state index contributed by atoms with van der Waals surface area (Å²) in [5.41, 5.74) is 5.31. The SMILES string of the molecule is CCc1cc2c(N3CCCC(C)(O)CC3)nc(N)nc2s1. The fourth-order valence-corrected chi connectivity index (χ4v) is 3.83. The number of rotatable bonds is 2. The zero-order valence-electron chi connectivity index (χ0n) is 12.6. The van der Waals surface area contributed by atoms with E-state index < -0.39 is 5.60 Å². The van der Waals surface area contributed by atoms with Crippen LogP contribution < -0.4 is 10.6 Å². The molecule has 0 spiro atoms. The molecular formula is C15H22N4OS. The van der Waals surface area contributed by atoms with Gasteiger partial charge in [-0.1, -0.05) is 6.92 Å². The fraction of sp³-hybridized carbons (Fsp3) is 0.600. The van der Waals surface area contributed by atoms with E-state index in [4.69, 9.17) is 5.73 Å². The van der Waals surface area contributed by atoms with Gasteiger partial charge in [0.25, 0.3) is 0 Å². The van der Waals surface area contributed by atoms with Gasteiger partial charge in [0.05, 0.1) is 11.0 Å². The van der Waals surface area contributed by atoms with E-state index in [-0.39, 0.29) is 0 Å². The summed E-state index contributed by atoms with van der Waals surface area (Å²) in [5.74, 6) is 1.25. The third-order valence-electron chi connectivity index (χ3n) is 4.15. The van der Waals surface area contributed by atoms with Crippen molar-refractivity contribution >= 4 is 33.3 Å². The maximum Gasteiger partial charge on any atom is 0.223 e. The van der Waals surface area contributed by atoms with Crippen LogP contribution in [0.25, 0.3) is 10.2 Å². The first-order valence-electron chi connectivity index (χ1n) is 7.52. The van der Waals surface area contributed by atoms with Crippen molar-refractivity contribution in [2.24, 2.45) is 0 Å². The number of nitrogen functional groups attached to an aromatic ring is 1. The zero-order valence-corrected chi connectivity index (χ0v) is 13.4. The topological polar surface area (TPSA) is 75.3 Å². The summed E-state index contributed by atoms with van der Waals surface area (Å²) in [6.07, 6.45) is 3.54. The third-order valence-corrected chi connectivity index (χ3v) is 5.33. The van der Waals surface area contributed by atoms with Crippen molar-refractivity contribution in [3.8, 4) is 0 Å². The Kier molecular flexibility index (Phi) is 3.75. The van der Waals surface area contributed by atoms with Gasteiger partial charge in [-0.3, -0.25) is 0 Å². The van der Waals surface area contributed by atoms with Gasteiger partial charge in [0, 0.05) is 18.0 Å². The molecule has 21 heavy (non-hydrogen) atoms. The van der Waals surface area contributed by atoms with Crippen molar-refractivity contribution < 1.29 is 5.11 Å². The summed E-state index contributed by atoms with van der Waals surface area (Å²) in [5, 5.41) is 11.3. The predicted octanol–water partition coefficient (Wildman–Crippen LogP) is 2.58. The first-order chi connectivity index (χ1) is 9.98. The molecule has 1 unspecified atom stereocenters. The lowest BCUT2D eigenvalue weighted by Gasteiger charge is -2.24. The number of fused-ring (bicyclic) bond motifs is 1. The molecule has 114 valence electrons. The van der Waals surface area contributed by atoms with E-state index in [0.29, 0.717) is 5.95 Å². The van der Waals surface area contributed by atoms with Crippen molar-refractivity contribution in [1.29, 1.82) is 0 Å². The zero-order chi connectivity index (χ0) is 15.0. The molecular weight excluding hydrogens is 284 g/mol. The molecule has 0 saturated carbocycles. The number of aryl methyl sites for hydroxylation is 1. The number of aromatic nitrogens is 2. The van der Waals surface area contributed by atoms with Crippen LogP contribution in [0.4, 0.5) is 11.8 Å². The highest BCUT2D eigenvalue weighted by Gasteiger charge is 2.26. The molecule has 3 heterocycles. The Hall–Kier alpha value is -1.40. The maximum absolute atomic E-state index is 10.2. The lowest BCUT2D eigenvalue weighted by atomic mass is 9.98. The van der Waals surface area contributed by atoms with E-state index in [0.717, 1.165) is 54.8 Å². The Balaban J connectivity index is 2.00. The Morgan fingerprint density at radius 1 is 1.38 bits per heavy atom. The van der Waals surface area contributed by atoms with Crippen LogP contribution >= 0.6 is 11.3 Å². The molecule has 0 aliphatic carbocycles. The highest BCUT2D eigenvalue weighted by Crippen LogP contribution is 2.33. The van der Waals surface area contributed by atoms with Gasteiger partial charge in [0.1, 0.15) is 10.6 Å². The van der Waals surface area contributed by atoms with Gasteiger partial charge in [-0.15, -0.1) is 11.3 Å². The summed E-state index contributed by atoms with van der Waals surface area (Å²) in [6.45, 7) is 5.76. The minimum Gasteiger partial charge on any atom is -0.390 e. The summed E-state index contributed by atoms with van der Waals surface area (Å²) < 4.78 is 0. The molecule has 1 aliphatic rings. The minimum atomic E-state index is -0.574. The van der Waals surface area contributed by atoms with Crippen LogP contribution in [0, 0.1) is 0 Å². The van der Waals surface area contributed by atoms with Gasteiger partial charge < -0.3 is 15.7 Å². The average molecular weight is 306 g/mol. The monoisotopic (exact) mass is 306 g/mol. The molecule has 3 N–H and O–H groups in total. The molecule has 1 saturated heterocycles. The molecule has 0 aromatic carbocycles. The molecule has 0 bridgehead atoms. The molecule has 1 atom stereocenters. The minimum absolute atomic E-state index is 0.331. The number of nitrogens with zero attached hydrogens (tertiary/aromatic N) is 3. The second-order valence-corrected chi connectivity index (χ2v) is 7.14. The van der Waals surface area contributed by atoms with Gasteiger partial charge >= 0.3 is 0 Å².